The van der Waals surface area contributed by atoms with E-state index in [1.807, 2.05) is 12.1 Å². The summed E-state index contributed by atoms with van der Waals surface area (Å²) in [7, 11) is 1.59. The molecule has 0 radical (unpaired) electrons. The van der Waals surface area contributed by atoms with Gasteiger partial charge in [-0.1, -0.05) is 20.8 Å². The summed E-state index contributed by atoms with van der Waals surface area (Å²) in [6.45, 7) is 6.86. The monoisotopic (exact) mass is 252 g/mol. The summed E-state index contributed by atoms with van der Waals surface area (Å²) in [6, 6.07) is 5.50. The van der Waals surface area contributed by atoms with Gasteiger partial charge < -0.3 is 20.9 Å². The van der Waals surface area contributed by atoms with Gasteiger partial charge in [0.1, 0.15) is 5.75 Å². The summed E-state index contributed by atoms with van der Waals surface area (Å²) in [5.74, 6) is 0.644. The van der Waals surface area contributed by atoms with Crippen molar-refractivity contribution in [2.75, 3.05) is 24.7 Å². The third-order valence-corrected chi connectivity index (χ3v) is 2.62. The Morgan fingerprint density at radius 2 is 2.06 bits per heavy atom. The second kappa shape index (κ2) is 5.96. The number of nitrogens with one attached hydrogen (secondary N) is 1. The Hall–Kier alpha value is -1.42. The summed E-state index contributed by atoms with van der Waals surface area (Å²) < 4.78 is 5.15. The summed E-state index contributed by atoms with van der Waals surface area (Å²) in [5, 5.41) is 13.1. The Bertz CT molecular complexity index is 386. The van der Waals surface area contributed by atoms with E-state index in [-0.39, 0.29) is 11.5 Å². The van der Waals surface area contributed by atoms with Gasteiger partial charge in [0.05, 0.1) is 18.9 Å². The first-order valence-electron chi connectivity index (χ1n) is 6.17. The minimum Gasteiger partial charge on any atom is -0.495 e. The van der Waals surface area contributed by atoms with Gasteiger partial charge in [0.15, 0.2) is 0 Å². The van der Waals surface area contributed by atoms with Gasteiger partial charge in [-0.25, -0.2) is 0 Å². The molecular weight excluding hydrogens is 228 g/mol. The van der Waals surface area contributed by atoms with Gasteiger partial charge in [-0.15, -0.1) is 0 Å². The Morgan fingerprint density at radius 3 is 2.61 bits per heavy atom. The molecular formula is C14H24N2O2. The molecule has 4 heteroatoms. The number of ether oxygens (including phenoxy) is 1. The number of methoxy groups -OCH3 is 1. The molecule has 1 aromatic carbocycles. The number of hydrogen-bond acceptors (Lipinski definition) is 4. The lowest BCUT2D eigenvalue weighted by molar-refractivity contribution is 0.132. The van der Waals surface area contributed by atoms with Crippen LogP contribution in [0.15, 0.2) is 18.2 Å². The maximum atomic E-state index is 9.91. The lowest BCUT2D eigenvalue weighted by Gasteiger charge is -2.23. The second-order valence-corrected chi connectivity index (χ2v) is 5.76. The molecule has 0 spiro atoms. The molecule has 0 aliphatic heterocycles. The molecule has 0 fully saturated rings. The number of benzene rings is 1. The van der Waals surface area contributed by atoms with Crippen molar-refractivity contribution in [3.05, 3.63) is 18.2 Å². The molecule has 0 heterocycles. The van der Waals surface area contributed by atoms with Crippen LogP contribution in [0, 0.1) is 5.41 Å². The maximum absolute atomic E-state index is 9.91. The van der Waals surface area contributed by atoms with Crippen molar-refractivity contribution in [2.45, 2.75) is 33.3 Å². The first-order valence-corrected chi connectivity index (χ1v) is 6.17. The van der Waals surface area contributed by atoms with Crippen LogP contribution in [0.5, 0.6) is 5.75 Å². The zero-order valence-corrected chi connectivity index (χ0v) is 11.7. The fourth-order valence-corrected chi connectivity index (χ4v) is 1.84. The topological polar surface area (TPSA) is 67.5 Å². The SMILES string of the molecule is COc1cc(NCC(O)CC(C)(C)C)ccc1N. The van der Waals surface area contributed by atoms with Crippen LogP contribution in [0.1, 0.15) is 27.2 Å². The lowest BCUT2D eigenvalue weighted by Crippen LogP contribution is -2.25. The van der Waals surface area contributed by atoms with E-state index >= 15 is 0 Å². The van der Waals surface area contributed by atoms with Crippen molar-refractivity contribution in [3.63, 3.8) is 0 Å². The summed E-state index contributed by atoms with van der Waals surface area (Å²) in [6.07, 6.45) is 0.389. The molecule has 1 atom stereocenters. The predicted molar refractivity (Wildman–Crippen MR) is 76.0 cm³/mol. The Kier molecular flexibility index (Phi) is 4.84. The zero-order valence-electron chi connectivity index (χ0n) is 11.7. The Balaban J connectivity index is 2.53. The number of anilines is 2. The third kappa shape index (κ3) is 4.84. The standard InChI is InChI=1S/C14H24N2O2/c1-14(2,3)8-11(17)9-16-10-5-6-12(15)13(7-10)18-4/h5-7,11,16-17H,8-9,15H2,1-4H3. The Labute approximate surface area is 109 Å². The molecule has 4 nitrogen and oxygen atoms in total. The molecule has 0 bridgehead atoms. The molecule has 1 unspecified atom stereocenters. The van der Waals surface area contributed by atoms with Crippen molar-refractivity contribution < 1.29 is 9.84 Å². The quantitative estimate of drug-likeness (QED) is 0.704. The normalized spacial score (nSPS) is 13.2. The highest BCUT2D eigenvalue weighted by atomic mass is 16.5. The molecule has 1 aromatic rings. The molecule has 0 amide bonds. The van der Waals surface area contributed by atoms with Crippen LogP contribution in [0.3, 0.4) is 0 Å². The number of nitrogen functional groups attached to an aromatic ring is 1. The number of aliphatic hydroxyl groups is 1. The fourth-order valence-electron chi connectivity index (χ4n) is 1.84. The van der Waals surface area contributed by atoms with Crippen LogP contribution >= 0.6 is 0 Å². The first kappa shape index (κ1) is 14.6. The van der Waals surface area contributed by atoms with E-state index in [0.717, 1.165) is 12.1 Å². The van der Waals surface area contributed by atoms with Crippen molar-refractivity contribution >= 4 is 11.4 Å². The second-order valence-electron chi connectivity index (χ2n) is 5.76. The largest absolute Gasteiger partial charge is 0.495 e. The van der Waals surface area contributed by atoms with E-state index < -0.39 is 0 Å². The number of rotatable bonds is 5. The van der Waals surface area contributed by atoms with Gasteiger partial charge in [-0.3, -0.25) is 0 Å². The van der Waals surface area contributed by atoms with Gasteiger partial charge in [-0.05, 0) is 24.0 Å². The van der Waals surface area contributed by atoms with Crippen molar-refractivity contribution in [1.82, 2.24) is 0 Å². The van der Waals surface area contributed by atoms with Crippen LogP contribution in [-0.2, 0) is 0 Å². The molecule has 4 N–H and O–H groups in total. The van der Waals surface area contributed by atoms with Crippen LogP contribution in [0.2, 0.25) is 0 Å². The average Bonchev–Trinajstić information content (AvgIpc) is 2.25. The van der Waals surface area contributed by atoms with Crippen molar-refractivity contribution in [2.24, 2.45) is 5.41 Å². The zero-order chi connectivity index (χ0) is 13.8. The summed E-state index contributed by atoms with van der Waals surface area (Å²) in [4.78, 5) is 0. The molecule has 18 heavy (non-hydrogen) atoms. The minimum atomic E-state index is -0.367. The van der Waals surface area contributed by atoms with Crippen LogP contribution in [0.4, 0.5) is 11.4 Å². The van der Waals surface area contributed by atoms with Crippen LogP contribution in [0.25, 0.3) is 0 Å². The summed E-state index contributed by atoms with van der Waals surface area (Å²) >= 11 is 0. The number of aliphatic hydroxyl groups excluding tert-OH is 1. The highest BCUT2D eigenvalue weighted by molar-refractivity contribution is 5.61. The highest BCUT2D eigenvalue weighted by Crippen LogP contribution is 2.25. The number of hydrogen-bond donors (Lipinski definition) is 3. The lowest BCUT2D eigenvalue weighted by atomic mass is 9.89. The van der Waals surface area contributed by atoms with Gasteiger partial charge in [-0.2, -0.15) is 0 Å². The van der Waals surface area contributed by atoms with Crippen molar-refractivity contribution in [3.8, 4) is 5.75 Å². The molecule has 0 aliphatic rings. The van der Waals surface area contributed by atoms with E-state index in [1.54, 1.807) is 13.2 Å². The van der Waals surface area contributed by atoms with E-state index in [2.05, 4.69) is 26.1 Å². The minimum absolute atomic E-state index is 0.125. The van der Waals surface area contributed by atoms with Crippen molar-refractivity contribution in [1.29, 1.82) is 0 Å². The third-order valence-electron chi connectivity index (χ3n) is 2.62. The highest BCUT2D eigenvalue weighted by Gasteiger charge is 2.16. The first-order chi connectivity index (χ1) is 8.31. The molecule has 1 rings (SSSR count). The van der Waals surface area contributed by atoms with E-state index in [9.17, 15) is 5.11 Å². The molecule has 0 aromatic heterocycles. The number of nitrogens with two attached hydrogens (primary N) is 1. The molecule has 0 saturated heterocycles. The fraction of sp³-hybridized carbons (Fsp3) is 0.571. The maximum Gasteiger partial charge on any atom is 0.143 e. The van der Waals surface area contributed by atoms with E-state index in [1.165, 1.54) is 0 Å². The molecule has 102 valence electrons. The average molecular weight is 252 g/mol. The van der Waals surface area contributed by atoms with E-state index in [0.29, 0.717) is 18.0 Å². The van der Waals surface area contributed by atoms with Crippen LogP contribution < -0.4 is 15.8 Å². The van der Waals surface area contributed by atoms with E-state index in [4.69, 9.17) is 10.5 Å². The van der Waals surface area contributed by atoms with Gasteiger partial charge in [0, 0.05) is 18.3 Å². The Morgan fingerprint density at radius 1 is 1.39 bits per heavy atom. The smallest absolute Gasteiger partial charge is 0.143 e. The van der Waals surface area contributed by atoms with Crippen LogP contribution in [-0.4, -0.2) is 24.9 Å². The predicted octanol–water partition coefficient (Wildman–Crippen LogP) is 2.49. The van der Waals surface area contributed by atoms with Gasteiger partial charge >= 0.3 is 0 Å². The molecule has 0 saturated carbocycles. The summed E-state index contributed by atoms with van der Waals surface area (Å²) in [5.41, 5.74) is 7.37. The molecule has 0 aliphatic carbocycles. The van der Waals surface area contributed by atoms with Gasteiger partial charge in [0.25, 0.3) is 0 Å². The van der Waals surface area contributed by atoms with Gasteiger partial charge in [0.2, 0.25) is 0 Å².